The topological polar surface area (TPSA) is 30.4 Å². The quantitative estimate of drug-likeness (QED) is 0.669. The van der Waals surface area contributed by atoms with Gasteiger partial charge >= 0.3 is 0 Å². The fourth-order valence-electron chi connectivity index (χ4n) is 1.76. The van der Waals surface area contributed by atoms with E-state index >= 15 is 0 Å². The van der Waals surface area contributed by atoms with Crippen LogP contribution in [0.3, 0.4) is 0 Å². The van der Waals surface area contributed by atoms with Crippen molar-refractivity contribution < 1.29 is 4.74 Å². The Kier molecular flexibility index (Phi) is 1.61. The number of ether oxygens (including phenoxy) is 1. The molecule has 3 heteroatoms. The van der Waals surface area contributed by atoms with Crippen LogP contribution in [0.4, 0.5) is 0 Å². The highest BCUT2D eigenvalue weighted by molar-refractivity contribution is 5.75. The van der Waals surface area contributed by atoms with Crippen LogP contribution < -0.4 is 0 Å². The Balaban J connectivity index is 2.01. The molecule has 0 bridgehead atoms. The number of fused-ring (bicyclic) bond motifs is 1. The van der Waals surface area contributed by atoms with Crippen LogP contribution in [0.25, 0.3) is 11.0 Å². The van der Waals surface area contributed by atoms with E-state index in [9.17, 15) is 0 Å². The van der Waals surface area contributed by atoms with Gasteiger partial charge in [-0.05, 0) is 17.7 Å². The first kappa shape index (κ1) is 8.00. The Morgan fingerprint density at radius 3 is 3.21 bits per heavy atom. The average Bonchev–Trinajstić information content (AvgIpc) is 2.92. The molecular weight excluding hydrogens is 176 g/mol. The van der Waals surface area contributed by atoms with E-state index in [4.69, 9.17) is 4.74 Å². The van der Waals surface area contributed by atoms with E-state index in [1.807, 2.05) is 17.9 Å². The second-order valence-electron chi connectivity index (χ2n) is 3.84. The van der Waals surface area contributed by atoms with Gasteiger partial charge < -0.3 is 9.30 Å². The molecule has 2 heterocycles. The van der Waals surface area contributed by atoms with Gasteiger partial charge in [0.15, 0.2) is 0 Å². The molecule has 1 aromatic carbocycles. The molecule has 1 atom stereocenters. The van der Waals surface area contributed by atoms with Gasteiger partial charge in [0.1, 0.15) is 0 Å². The molecule has 0 spiro atoms. The van der Waals surface area contributed by atoms with Gasteiger partial charge in [-0.25, -0.2) is 4.98 Å². The Labute approximate surface area is 82.3 Å². The second kappa shape index (κ2) is 2.82. The zero-order chi connectivity index (χ0) is 9.54. The van der Waals surface area contributed by atoms with Gasteiger partial charge in [-0.2, -0.15) is 0 Å². The van der Waals surface area contributed by atoms with Crippen molar-refractivity contribution in [3.8, 4) is 0 Å². The molecule has 0 saturated carbocycles. The summed E-state index contributed by atoms with van der Waals surface area (Å²) >= 11 is 0. The molecule has 1 aromatic heterocycles. The minimum absolute atomic E-state index is 0.455. The Morgan fingerprint density at radius 1 is 1.57 bits per heavy atom. The second-order valence-corrected chi connectivity index (χ2v) is 3.84. The van der Waals surface area contributed by atoms with E-state index in [0.29, 0.717) is 6.10 Å². The standard InChI is InChI=1S/C11H12N2O/c1-13-7-12-10-5-8(2-3-11(10)13)4-9-6-14-9/h2-3,5,7,9H,4,6H2,1H3. The number of epoxide rings is 1. The first-order chi connectivity index (χ1) is 6.83. The fraction of sp³-hybridized carbons (Fsp3) is 0.364. The number of benzene rings is 1. The summed E-state index contributed by atoms with van der Waals surface area (Å²) < 4.78 is 7.24. The Hall–Kier alpha value is -1.35. The number of aromatic nitrogens is 2. The van der Waals surface area contributed by atoms with E-state index in [-0.39, 0.29) is 0 Å². The lowest BCUT2D eigenvalue weighted by Crippen LogP contribution is -1.92. The van der Waals surface area contributed by atoms with E-state index in [2.05, 4.69) is 23.2 Å². The summed E-state index contributed by atoms with van der Waals surface area (Å²) in [7, 11) is 2.01. The third-order valence-electron chi connectivity index (χ3n) is 2.66. The number of imidazole rings is 1. The van der Waals surface area contributed by atoms with Crippen molar-refractivity contribution in [3.05, 3.63) is 30.1 Å². The molecule has 1 saturated heterocycles. The molecule has 3 nitrogen and oxygen atoms in total. The first-order valence-electron chi connectivity index (χ1n) is 4.84. The molecule has 0 N–H and O–H groups in total. The van der Waals surface area contributed by atoms with Crippen molar-refractivity contribution in [1.82, 2.24) is 9.55 Å². The summed E-state index contributed by atoms with van der Waals surface area (Å²) in [5.41, 5.74) is 3.58. The number of hydrogen-bond acceptors (Lipinski definition) is 2. The van der Waals surface area contributed by atoms with Crippen LogP contribution in [-0.4, -0.2) is 22.3 Å². The van der Waals surface area contributed by atoms with Gasteiger partial charge in [0.05, 0.1) is 30.1 Å². The molecule has 1 fully saturated rings. The third kappa shape index (κ3) is 1.30. The fourth-order valence-corrected chi connectivity index (χ4v) is 1.76. The molecule has 2 aromatic rings. The minimum Gasteiger partial charge on any atom is -0.373 e. The highest BCUT2D eigenvalue weighted by Gasteiger charge is 2.22. The van der Waals surface area contributed by atoms with Gasteiger partial charge in [-0.3, -0.25) is 0 Å². The SMILES string of the molecule is Cn1cnc2cc(CC3CO3)ccc21. The maximum absolute atomic E-state index is 5.20. The molecule has 72 valence electrons. The van der Waals surface area contributed by atoms with Crippen molar-refractivity contribution in [2.75, 3.05) is 6.61 Å². The van der Waals surface area contributed by atoms with Gasteiger partial charge in [-0.15, -0.1) is 0 Å². The van der Waals surface area contributed by atoms with Crippen molar-refractivity contribution in [1.29, 1.82) is 0 Å². The smallest absolute Gasteiger partial charge is 0.0955 e. The Bertz CT molecular complexity index is 471. The molecule has 1 aliphatic heterocycles. The van der Waals surface area contributed by atoms with Gasteiger partial charge in [0.25, 0.3) is 0 Å². The highest BCUT2D eigenvalue weighted by Crippen LogP contribution is 2.19. The normalized spacial score (nSPS) is 20.2. The summed E-state index contributed by atoms with van der Waals surface area (Å²) in [4.78, 5) is 4.33. The number of aryl methyl sites for hydroxylation is 1. The lowest BCUT2D eigenvalue weighted by molar-refractivity contribution is 0.407. The number of hydrogen-bond donors (Lipinski definition) is 0. The number of rotatable bonds is 2. The molecular formula is C11H12N2O. The molecule has 0 radical (unpaired) electrons. The zero-order valence-electron chi connectivity index (χ0n) is 8.10. The van der Waals surface area contributed by atoms with Crippen LogP contribution in [0.15, 0.2) is 24.5 Å². The predicted octanol–water partition coefficient (Wildman–Crippen LogP) is 1.51. The van der Waals surface area contributed by atoms with E-state index in [1.54, 1.807) is 0 Å². The highest BCUT2D eigenvalue weighted by atomic mass is 16.6. The minimum atomic E-state index is 0.455. The third-order valence-corrected chi connectivity index (χ3v) is 2.66. The first-order valence-corrected chi connectivity index (χ1v) is 4.84. The molecule has 3 rings (SSSR count). The molecule has 1 unspecified atom stereocenters. The summed E-state index contributed by atoms with van der Waals surface area (Å²) in [6, 6.07) is 6.43. The summed E-state index contributed by atoms with van der Waals surface area (Å²) in [5, 5.41) is 0. The zero-order valence-corrected chi connectivity index (χ0v) is 8.10. The average molecular weight is 188 g/mol. The van der Waals surface area contributed by atoms with Gasteiger partial charge in [0, 0.05) is 13.5 Å². The van der Waals surface area contributed by atoms with Crippen LogP contribution in [-0.2, 0) is 18.2 Å². The summed E-state index contributed by atoms with van der Waals surface area (Å²) in [6.07, 6.45) is 3.32. The van der Waals surface area contributed by atoms with Gasteiger partial charge in [0.2, 0.25) is 0 Å². The predicted molar refractivity (Wildman–Crippen MR) is 54.2 cm³/mol. The van der Waals surface area contributed by atoms with Crippen LogP contribution in [0.5, 0.6) is 0 Å². The summed E-state index contributed by atoms with van der Waals surface area (Å²) in [5.74, 6) is 0. The number of nitrogens with zero attached hydrogens (tertiary/aromatic N) is 2. The van der Waals surface area contributed by atoms with Crippen LogP contribution in [0, 0.1) is 0 Å². The lowest BCUT2D eigenvalue weighted by Gasteiger charge is -1.98. The van der Waals surface area contributed by atoms with Crippen LogP contribution >= 0.6 is 0 Å². The van der Waals surface area contributed by atoms with Crippen molar-refractivity contribution in [3.63, 3.8) is 0 Å². The van der Waals surface area contributed by atoms with Crippen LogP contribution in [0.2, 0.25) is 0 Å². The lowest BCUT2D eigenvalue weighted by atomic mass is 10.1. The molecule has 1 aliphatic rings. The van der Waals surface area contributed by atoms with E-state index in [1.165, 1.54) is 11.1 Å². The maximum atomic E-state index is 5.20. The molecule has 0 amide bonds. The van der Waals surface area contributed by atoms with E-state index < -0.39 is 0 Å². The Morgan fingerprint density at radius 2 is 2.43 bits per heavy atom. The summed E-state index contributed by atoms with van der Waals surface area (Å²) in [6.45, 7) is 0.917. The monoisotopic (exact) mass is 188 g/mol. The van der Waals surface area contributed by atoms with Crippen molar-refractivity contribution in [2.45, 2.75) is 12.5 Å². The largest absolute Gasteiger partial charge is 0.373 e. The van der Waals surface area contributed by atoms with Crippen molar-refractivity contribution in [2.24, 2.45) is 7.05 Å². The van der Waals surface area contributed by atoms with Crippen LogP contribution in [0.1, 0.15) is 5.56 Å². The van der Waals surface area contributed by atoms with Gasteiger partial charge in [-0.1, -0.05) is 6.07 Å². The van der Waals surface area contributed by atoms with Crippen molar-refractivity contribution >= 4 is 11.0 Å². The van der Waals surface area contributed by atoms with E-state index in [0.717, 1.165) is 18.5 Å². The maximum Gasteiger partial charge on any atom is 0.0955 e. The molecule has 14 heavy (non-hydrogen) atoms. The molecule has 0 aliphatic carbocycles.